The molecule has 122 valence electrons. The molecule has 2 rings (SSSR count). The number of hydrogen-bond donors (Lipinski definition) is 2. The van der Waals surface area contributed by atoms with Gasteiger partial charge in [0.2, 0.25) is 10.0 Å². The van der Waals surface area contributed by atoms with E-state index in [9.17, 15) is 13.2 Å². The summed E-state index contributed by atoms with van der Waals surface area (Å²) in [5.74, 6) is 0.255. The Labute approximate surface area is 136 Å². The first kappa shape index (κ1) is 17.1. The van der Waals surface area contributed by atoms with E-state index in [-0.39, 0.29) is 22.7 Å². The lowest BCUT2D eigenvalue weighted by Crippen LogP contribution is -2.41. The Kier molecular flexibility index (Phi) is 5.34. The maximum absolute atomic E-state index is 12.4. The molecule has 5 nitrogen and oxygen atoms in total. The fourth-order valence-electron chi connectivity index (χ4n) is 2.73. The minimum Gasteiger partial charge on any atom is -0.349 e. The van der Waals surface area contributed by atoms with Crippen LogP contribution in [0.3, 0.4) is 0 Å². The predicted octanol–water partition coefficient (Wildman–Crippen LogP) is 3.02. The summed E-state index contributed by atoms with van der Waals surface area (Å²) in [7, 11) is -3.44. The largest absolute Gasteiger partial charge is 0.349 e. The molecular formula is C15H21ClN2O3S. The summed E-state index contributed by atoms with van der Waals surface area (Å²) in [5, 5.41) is 3.29. The molecule has 22 heavy (non-hydrogen) atoms. The third kappa shape index (κ3) is 4.61. The molecule has 0 saturated heterocycles. The van der Waals surface area contributed by atoms with Crippen molar-refractivity contribution in [2.75, 3.05) is 11.0 Å². The topological polar surface area (TPSA) is 75.3 Å². The van der Waals surface area contributed by atoms with Crippen LogP contribution in [0.2, 0.25) is 5.02 Å². The van der Waals surface area contributed by atoms with Gasteiger partial charge in [-0.1, -0.05) is 31.4 Å². The van der Waals surface area contributed by atoms with E-state index >= 15 is 0 Å². The zero-order chi connectivity index (χ0) is 16.3. The van der Waals surface area contributed by atoms with Gasteiger partial charge in [0.05, 0.1) is 17.0 Å². The van der Waals surface area contributed by atoms with Crippen molar-refractivity contribution in [2.45, 2.75) is 38.6 Å². The Bertz CT molecular complexity index is 661. The quantitative estimate of drug-likeness (QED) is 0.881. The average molecular weight is 345 g/mol. The second-order valence-corrected chi connectivity index (χ2v) is 8.07. The number of carbonyl (C=O) groups is 1. The van der Waals surface area contributed by atoms with Crippen molar-refractivity contribution in [2.24, 2.45) is 5.92 Å². The van der Waals surface area contributed by atoms with Gasteiger partial charge in [-0.2, -0.15) is 0 Å². The molecule has 2 N–H and O–H groups in total. The first-order valence-corrected chi connectivity index (χ1v) is 9.61. The van der Waals surface area contributed by atoms with Crippen LogP contribution in [0.1, 0.15) is 43.0 Å². The van der Waals surface area contributed by atoms with E-state index < -0.39 is 10.0 Å². The SMILES string of the molecule is C[C@@H]1CCCC[C@@H]1NC(=O)c1ccc(Cl)c(NS(C)(=O)=O)c1. The minimum absolute atomic E-state index is 0.170. The maximum atomic E-state index is 12.4. The number of amides is 1. The summed E-state index contributed by atoms with van der Waals surface area (Å²) in [6.45, 7) is 2.14. The monoisotopic (exact) mass is 344 g/mol. The molecule has 1 fully saturated rings. The fourth-order valence-corrected chi connectivity index (χ4v) is 3.52. The van der Waals surface area contributed by atoms with Crippen molar-refractivity contribution >= 4 is 33.2 Å². The maximum Gasteiger partial charge on any atom is 0.251 e. The third-order valence-corrected chi connectivity index (χ3v) is 4.87. The highest BCUT2D eigenvalue weighted by atomic mass is 35.5. The van der Waals surface area contributed by atoms with Gasteiger partial charge in [-0.3, -0.25) is 9.52 Å². The van der Waals surface area contributed by atoms with Gasteiger partial charge in [0, 0.05) is 11.6 Å². The Morgan fingerprint density at radius 1 is 1.27 bits per heavy atom. The van der Waals surface area contributed by atoms with Crippen LogP contribution in [0.15, 0.2) is 18.2 Å². The molecule has 7 heteroatoms. The third-order valence-electron chi connectivity index (χ3n) is 3.95. The molecule has 0 radical (unpaired) electrons. The summed E-state index contributed by atoms with van der Waals surface area (Å²) in [6.07, 6.45) is 5.47. The van der Waals surface area contributed by atoms with Gasteiger partial charge in [0.15, 0.2) is 0 Å². The Balaban J connectivity index is 2.14. The van der Waals surface area contributed by atoms with Crippen molar-refractivity contribution in [1.82, 2.24) is 5.32 Å². The van der Waals surface area contributed by atoms with Crippen LogP contribution in [-0.2, 0) is 10.0 Å². The zero-order valence-electron chi connectivity index (χ0n) is 12.7. The summed E-state index contributed by atoms with van der Waals surface area (Å²) in [4.78, 5) is 12.4. The lowest BCUT2D eigenvalue weighted by atomic mass is 9.86. The molecule has 1 aromatic carbocycles. The summed E-state index contributed by atoms with van der Waals surface area (Å²) < 4.78 is 25.0. The Hall–Kier alpha value is -1.27. The lowest BCUT2D eigenvalue weighted by molar-refractivity contribution is 0.0910. The van der Waals surface area contributed by atoms with E-state index in [1.54, 1.807) is 6.07 Å². The second kappa shape index (κ2) is 6.87. The molecule has 1 aliphatic rings. The molecule has 2 atom stereocenters. The number of carbonyl (C=O) groups excluding carboxylic acids is 1. The average Bonchev–Trinajstić information content (AvgIpc) is 2.42. The van der Waals surface area contributed by atoms with Crippen molar-refractivity contribution in [1.29, 1.82) is 0 Å². The van der Waals surface area contributed by atoms with E-state index in [1.807, 2.05) is 0 Å². The van der Waals surface area contributed by atoms with Crippen LogP contribution >= 0.6 is 11.6 Å². The summed E-state index contributed by atoms with van der Waals surface area (Å²) in [5.41, 5.74) is 0.613. The first-order valence-electron chi connectivity index (χ1n) is 7.34. The van der Waals surface area contributed by atoms with Crippen molar-refractivity contribution in [3.63, 3.8) is 0 Å². The van der Waals surface area contributed by atoms with Crippen LogP contribution in [-0.4, -0.2) is 26.6 Å². The molecule has 1 aromatic rings. The highest BCUT2D eigenvalue weighted by Gasteiger charge is 2.23. The van der Waals surface area contributed by atoms with Gasteiger partial charge in [-0.25, -0.2) is 8.42 Å². The number of sulfonamides is 1. The molecule has 0 bridgehead atoms. The van der Waals surface area contributed by atoms with Gasteiger partial charge in [0.1, 0.15) is 0 Å². The summed E-state index contributed by atoms with van der Waals surface area (Å²) in [6, 6.07) is 4.75. The van der Waals surface area contributed by atoms with Crippen molar-refractivity contribution < 1.29 is 13.2 Å². The van der Waals surface area contributed by atoms with Gasteiger partial charge in [0.25, 0.3) is 5.91 Å². The Morgan fingerprint density at radius 2 is 1.95 bits per heavy atom. The number of benzene rings is 1. The van der Waals surface area contributed by atoms with Crippen LogP contribution in [0, 0.1) is 5.92 Å². The van der Waals surface area contributed by atoms with E-state index in [4.69, 9.17) is 11.6 Å². The predicted molar refractivity (Wildman–Crippen MR) is 88.8 cm³/mol. The molecule has 1 saturated carbocycles. The van der Waals surface area contributed by atoms with E-state index in [0.717, 1.165) is 25.5 Å². The number of anilines is 1. The molecule has 1 aliphatic carbocycles. The lowest BCUT2D eigenvalue weighted by Gasteiger charge is -2.29. The van der Waals surface area contributed by atoms with Crippen molar-refractivity contribution in [3.8, 4) is 0 Å². The van der Waals surface area contributed by atoms with E-state index in [1.165, 1.54) is 18.6 Å². The van der Waals surface area contributed by atoms with Gasteiger partial charge in [-0.05, 0) is 37.0 Å². The molecule has 0 spiro atoms. The normalized spacial score (nSPS) is 22.1. The molecule has 0 aromatic heterocycles. The second-order valence-electron chi connectivity index (χ2n) is 5.91. The van der Waals surface area contributed by atoms with Crippen LogP contribution in [0.4, 0.5) is 5.69 Å². The first-order chi connectivity index (χ1) is 10.3. The summed E-state index contributed by atoms with van der Waals surface area (Å²) >= 11 is 5.96. The molecule has 1 amide bonds. The van der Waals surface area contributed by atoms with E-state index in [2.05, 4.69) is 17.0 Å². The molecule has 0 unspecified atom stereocenters. The number of rotatable bonds is 4. The minimum atomic E-state index is -3.44. The number of halogens is 1. The zero-order valence-corrected chi connectivity index (χ0v) is 14.3. The molecule has 0 aliphatic heterocycles. The highest BCUT2D eigenvalue weighted by Crippen LogP contribution is 2.26. The van der Waals surface area contributed by atoms with Gasteiger partial charge in [-0.15, -0.1) is 0 Å². The molecule has 0 heterocycles. The van der Waals surface area contributed by atoms with Gasteiger partial charge >= 0.3 is 0 Å². The van der Waals surface area contributed by atoms with Crippen LogP contribution < -0.4 is 10.0 Å². The smallest absolute Gasteiger partial charge is 0.251 e. The van der Waals surface area contributed by atoms with Crippen LogP contribution in [0.5, 0.6) is 0 Å². The number of nitrogens with one attached hydrogen (secondary N) is 2. The molecular weight excluding hydrogens is 324 g/mol. The number of hydrogen-bond acceptors (Lipinski definition) is 3. The highest BCUT2D eigenvalue weighted by molar-refractivity contribution is 7.92. The standard InChI is InChI=1S/C15H21ClN2O3S/c1-10-5-3-4-6-13(10)17-15(19)11-7-8-12(16)14(9-11)18-22(2,20)21/h7-10,13,18H,3-6H2,1-2H3,(H,17,19)/t10-,13+/m1/s1. The van der Waals surface area contributed by atoms with E-state index in [0.29, 0.717) is 11.5 Å². The fraction of sp³-hybridized carbons (Fsp3) is 0.533. The van der Waals surface area contributed by atoms with Gasteiger partial charge < -0.3 is 5.32 Å². The van der Waals surface area contributed by atoms with Crippen molar-refractivity contribution in [3.05, 3.63) is 28.8 Å². The van der Waals surface area contributed by atoms with Crippen LogP contribution in [0.25, 0.3) is 0 Å². The Morgan fingerprint density at radius 3 is 2.59 bits per heavy atom.